The fraction of sp³-hybridized carbons (Fsp3) is 0.556. The number of piperidine rings is 1. The van der Waals surface area contributed by atoms with Crippen LogP contribution < -0.4 is 11.1 Å². The molecule has 0 bridgehead atoms. The monoisotopic (exact) mass is 333 g/mol. The van der Waals surface area contributed by atoms with Gasteiger partial charge in [-0.25, -0.2) is 4.79 Å². The van der Waals surface area contributed by atoms with Crippen LogP contribution in [0.5, 0.6) is 0 Å². The van der Waals surface area contributed by atoms with E-state index in [1.807, 2.05) is 32.9 Å². The van der Waals surface area contributed by atoms with Crippen LogP contribution in [0.4, 0.5) is 10.5 Å². The van der Waals surface area contributed by atoms with Crippen molar-refractivity contribution in [3.8, 4) is 0 Å². The van der Waals surface area contributed by atoms with E-state index in [9.17, 15) is 9.59 Å². The van der Waals surface area contributed by atoms with Gasteiger partial charge in [-0.3, -0.25) is 4.79 Å². The van der Waals surface area contributed by atoms with Crippen molar-refractivity contribution in [2.75, 3.05) is 25.0 Å². The summed E-state index contributed by atoms with van der Waals surface area (Å²) in [5.74, 6) is -0.135. The Labute approximate surface area is 143 Å². The van der Waals surface area contributed by atoms with Gasteiger partial charge in [0, 0.05) is 25.3 Å². The summed E-state index contributed by atoms with van der Waals surface area (Å²) in [4.78, 5) is 25.4. The molecule has 1 unspecified atom stereocenters. The summed E-state index contributed by atoms with van der Waals surface area (Å²) in [6.07, 6.45) is 1.72. The summed E-state index contributed by atoms with van der Waals surface area (Å²) in [6, 6.07) is 7.20. The second kappa shape index (κ2) is 7.55. The second-order valence-electron chi connectivity index (χ2n) is 7.23. The van der Waals surface area contributed by atoms with Gasteiger partial charge in [0.2, 0.25) is 0 Å². The lowest BCUT2D eigenvalue weighted by molar-refractivity contribution is 0.0172. The van der Waals surface area contributed by atoms with Crippen LogP contribution in [0.15, 0.2) is 24.3 Å². The summed E-state index contributed by atoms with van der Waals surface area (Å²) < 4.78 is 5.44. The molecule has 1 fully saturated rings. The molecule has 24 heavy (non-hydrogen) atoms. The van der Waals surface area contributed by atoms with E-state index in [4.69, 9.17) is 10.5 Å². The lowest BCUT2D eigenvalue weighted by Gasteiger charge is -2.34. The molecule has 2 rings (SSSR count). The number of nitrogens with zero attached hydrogens (tertiary/aromatic N) is 1. The Bertz CT molecular complexity index is 595. The van der Waals surface area contributed by atoms with Crippen LogP contribution in [-0.4, -0.2) is 42.1 Å². The number of anilines is 1. The lowest BCUT2D eigenvalue weighted by Crippen LogP contribution is -2.44. The molecule has 1 atom stereocenters. The van der Waals surface area contributed by atoms with E-state index in [0.717, 1.165) is 25.1 Å². The molecule has 0 aromatic heterocycles. The Balaban J connectivity index is 1.92. The number of ether oxygens (including phenoxy) is 1. The number of para-hydroxylation sites is 1. The van der Waals surface area contributed by atoms with Crippen molar-refractivity contribution in [2.24, 2.45) is 11.7 Å². The Kier molecular flexibility index (Phi) is 5.70. The average Bonchev–Trinajstić information content (AvgIpc) is 2.52. The van der Waals surface area contributed by atoms with E-state index in [0.29, 0.717) is 24.6 Å². The van der Waals surface area contributed by atoms with E-state index >= 15 is 0 Å². The molecule has 1 aromatic carbocycles. The summed E-state index contributed by atoms with van der Waals surface area (Å²) in [5.41, 5.74) is 6.13. The highest BCUT2D eigenvalue weighted by Gasteiger charge is 2.27. The molecule has 0 spiro atoms. The van der Waals surface area contributed by atoms with Gasteiger partial charge in [-0.15, -0.1) is 0 Å². The largest absolute Gasteiger partial charge is 0.444 e. The van der Waals surface area contributed by atoms with Crippen molar-refractivity contribution in [1.29, 1.82) is 0 Å². The van der Waals surface area contributed by atoms with Gasteiger partial charge in [0.05, 0.1) is 5.56 Å². The van der Waals surface area contributed by atoms with Gasteiger partial charge in [-0.05, 0) is 51.7 Å². The van der Waals surface area contributed by atoms with Gasteiger partial charge in [-0.1, -0.05) is 12.1 Å². The summed E-state index contributed by atoms with van der Waals surface area (Å²) in [6.45, 7) is 7.67. The maximum absolute atomic E-state index is 12.2. The molecule has 6 heteroatoms. The zero-order valence-electron chi connectivity index (χ0n) is 14.7. The Hall–Kier alpha value is -2.24. The van der Waals surface area contributed by atoms with Crippen molar-refractivity contribution in [1.82, 2.24) is 4.90 Å². The number of nitrogens with two attached hydrogens (primary N) is 1. The van der Waals surface area contributed by atoms with Crippen molar-refractivity contribution in [2.45, 2.75) is 39.2 Å². The molecular formula is C18H27N3O3. The van der Waals surface area contributed by atoms with Crippen molar-refractivity contribution in [3.63, 3.8) is 0 Å². The minimum absolute atomic E-state index is 0.260. The topological polar surface area (TPSA) is 84.7 Å². The molecule has 0 radical (unpaired) electrons. The molecule has 132 valence electrons. The first kappa shape index (κ1) is 18.1. The molecular weight excluding hydrogens is 306 g/mol. The van der Waals surface area contributed by atoms with E-state index in [1.54, 1.807) is 17.0 Å². The van der Waals surface area contributed by atoms with Crippen LogP contribution in [0.3, 0.4) is 0 Å². The Morgan fingerprint density at radius 1 is 1.33 bits per heavy atom. The molecule has 6 nitrogen and oxygen atoms in total. The third-order valence-electron chi connectivity index (χ3n) is 3.94. The average molecular weight is 333 g/mol. The number of amides is 2. The number of hydrogen-bond acceptors (Lipinski definition) is 4. The highest BCUT2D eigenvalue weighted by molar-refractivity contribution is 5.98. The predicted molar refractivity (Wildman–Crippen MR) is 94.0 cm³/mol. The molecule has 0 aliphatic carbocycles. The normalized spacial score (nSPS) is 18.1. The molecule has 0 saturated carbocycles. The fourth-order valence-electron chi connectivity index (χ4n) is 2.83. The molecule has 3 N–H and O–H groups in total. The quantitative estimate of drug-likeness (QED) is 0.887. The van der Waals surface area contributed by atoms with Gasteiger partial charge < -0.3 is 20.7 Å². The summed E-state index contributed by atoms with van der Waals surface area (Å²) in [7, 11) is 0. The minimum atomic E-state index is -0.483. The number of rotatable bonds is 4. The molecule has 1 saturated heterocycles. The molecule has 1 heterocycles. The zero-order chi connectivity index (χ0) is 17.7. The number of likely N-dealkylation sites (tertiary alicyclic amines) is 1. The SMILES string of the molecule is CC(C)(C)OC(=O)N1CCCC(CNc2ccccc2C(N)=O)C1. The standard InChI is InChI=1S/C18H27N3O3/c1-18(2,3)24-17(23)21-10-6-7-13(12-21)11-20-15-9-5-4-8-14(15)16(19)22/h4-5,8-9,13,20H,6-7,10-12H2,1-3H3,(H2,19,22). The molecule has 1 aromatic rings. The van der Waals surface area contributed by atoms with Crippen molar-refractivity contribution in [3.05, 3.63) is 29.8 Å². The smallest absolute Gasteiger partial charge is 0.410 e. The maximum atomic E-state index is 12.2. The minimum Gasteiger partial charge on any atom is -0.444 e. The van der Waals surface area contributed by atoms with Crippen LogP contribution in [0, 0.1) is 5.92 Å². The summed E-state index contributed by atoms with van der Waals surface area (Å²) >= 11 is 0. The fourth-order valence-corrected chi connectivity index (χ4v) is 2.83. The number of primary amides is 1. The predicted octanol–water partition coefficient (Wildman–Crippen LogP) is 2.84. The van der Waals surface area contributed by atoms with Crippen molar-refractivity contribution >= 4 is 17.7 Å². The maximum Gasteiger partial charge on any atom is 0.410 e. The van der Waals surface area contributed by atoms with E-state index in [2.05, 4.69) is 5.32 Å². The van der Waals surface area contributed by atoms with Crippen LogP contribution >= 0.6 is 0 Å². The number of benzene rings is 1. The highest BCUT2D eigenvalue weighted by Crippen LogP contribution is 2.21. The Morgan fingerprint density at radius 3 is 2.71 bits per heavy atom. The van der Waals surface area contributed by atoms with E-state index in [1.165, 1.54) is 0 Å². The number of carbonyl (C=O) groups is 2. The molecule has 2 amide bonds. The van der Waals surface area contributed by atoms with Gasteiger partial charge in [0.15, 0.2) is 0 Å². The van der Waals surface area contributed by atoms with E-state index < -0.39 is 11.5 Å². The molecule has 1 aliphatic rings. The first-order valence-corrected chi connectivity index (χ1v) is 8.37. The van der Waals surface area contributed by atoms with Crippen LogP contribution in [0.2, 0.25) is 0 Å². The highest BCUT2D eigenvalue weighted by atomic mass is 16.6. The third-order valence-corrected chi connectivity index (χ3v) is 3.94. The van der Waals surface area contributed by atoms with Gasteiger partial charge >= 0.3 is 6.09 Å². The van der Waals surface area contributed by atoms with Crippen molar-refractivity contribution < 1.29 is 14.3 Å². The number of carbonyl (C=O) groups excluding carboxylic acids is 2. The van der Waals surface area contributed by atoms with Crippen LogP contribution in [0.25, 0.3) is 0 Å². The van der Waals surface area contributed by atoms with Crippen LogP contribution in [0.1, 0.15) is 44.0 Å². The molecule has 1 aliphatic heterocycles. The van der Waals surface area contributed by atoms with Crippen LogP contribution in [-0.2, 0) is 4.74 Å². The second-order valence-corrected chi connectivity index (χ2v) is 7.23. The van der Waals surface area contributed by atoms with E-state index in [-0.39, 0.29) is 6.09 Å². The first-order valence-electron chi connectivity index (χ1n) is 8.37. The number of hydrogen-bond donors (Lipinski definition) is 2. The van der Waals surface area contributed by atoms with Gasteiger partial charge in [0.1, 0.15) is 5.60 Å². The summed E-state index contributed by atoms with van der Waals surface area (Å²) in [5, 5.41) is 3.29. The third kappa shape index (κ3) is 5.15. The number of nitrogens with one attached hydrogen (secondary N) is 1. The van der Waals surface area contributed by atoms with Gasteiger partial charge in [0.25, 0.3) is 5.91 Å². The first-order chi connectivity index (χ1) is 11.3. The zero-order valence-corrected chi connectivity index (χ0v) is 14.7. The Morgan fingerprint density at radius 2 is 2.04 bits per heavy atom. The lowest BCUT2D eigenvalue weighted by atomic mass is 9.98. The van der Waals surface area contributed by atoms with Gasteiger partial charge in [-0.2, -0.15) is 0 Å².